The molecular weight excluding hydrogens is 390 g/mol. The third-order valence-electron chi connectivity index (χ3n) is 4.25. The van der Waals surface area contributed by atoms with E-state index >= 15 is 4.39 Å². The van der Waals surface area contributed by atoms with E-state index in [9.17, 15) is 10.4 Å². The zero-order chi connectivity index (χ0) is 20.1. The molecule has 0 unspecified atom stereocenters. The van der Waals surface area contributed by atoms with Crippen molar-refractivity contribution < 1.29 is 9.50 Å². The van der Waals surface area contributed by atoms with Crippen molar-refractivity contribution in [3.63, 3.8) is 0 Å². The van der Waals surface area contributed by atoms with Gasteiger partial charge in [-0.15, -0.1) is 0 Å². The van der Waals surface area contributed by atoms with E-state index in [2.05, 4.69) is 9.97 Å². The molecule has 0 atom stereocenters. The second-order valence-electron chi connectivity index (χ2n) is 7.05. The van der Waals surface area contributed by atoms with Gasteiger partial charge < -0.3 is 9.67 Å². The van der Waals surface area contributed by atoms with Crippen LogP contribution in [0.3, 0.4) is 0 Å². The molecule has 1 aromatic carbocycles. The predicted octanol–water partition coefficient (Wildman–Crippen LogP) is 5.22. The van der Waals surface area contributed by atoms with Crippen molar-refractivity contribution in [1.82, 2.24) is 14.5 Å². The summed E-state index contributed by atoms with van der Waals surface area (Å²) in [6.07, 6.45) is 1.35. The van der Waals surface area contributed by atoms with Crippen molar-refractivity contribution in [3.05, 3.63) is 45.7 Å². The van der Waals surface area contributed by atoms with Crippen molar-refractivity contribution >= 4 is 34.1 Å². The number of hydrogen-bond acceptors (Lipinski definition) is 4. The zero-order valence-corrected chi connectivity index (χ0v) is 16.7. The highest BCUT2D eigenvalue weighted by molar-refractivity contribution is 6.33. The molecule has 2 aromatic heterocycles. The highest BCUT2D eigenvalue weighted by atomic mass is 35.5. The summed E-state index contributed by atoms with van der Waals surface area (Å²) in [5, 5.41) is 20.7. The number of rotatable bonds is 3. The lowest BCUT2D eigenvalue weighted by Gasteiger charge is -2.24. The monoisotopic (exact) mass is 406 g/mol. The third kappa shape index (κ3) is 3.27. The summed E-state index contributed by atoms with van der Waals surface area (Å²) >= 11 is 12.0. The van der Waals surface area contributed by atoms with E-state index in [1.165, 1.54) is 12.3 Å². The van der Waals surface area contributed by atoms with Crippen LogP contribution in [-0.4, -0.2) is 19.6 Å². The fraction of sp³-hybridized carbons (Fsp3) is 0.316. The van der Waals surface area contributed by atoms with Gasteiger partial charge in [-0.2, -0.15) is 5.26 Å². The van der Waals surface area contributed by atoms with Crippen molar-refractivity contribution in [2.24, 2.45) is 0 Å². The zero-order valence-electron chi connectivity index (χ0n) is 15.2. The lowest BCUT2D eigenvalue weighted by Crippen LogP contribution is -2.23. The lowest BCUT2D eigenvalue weighted by molar-refractivity contribution is 0.0688. The summed E-state index contributed by atoms with van der Waals surface area (Å²) in [5.41, 5.74) is 0.300. The van der Waals surface area contributed by atoms with E-state index < -0.39 is 11.4 Å². The van der Waals surface area contributed by atoms with Crippen LogP contribution in [0.4, 0.5) is 4.39 Å². The van der Waals surface area contributed by atoms with Gasteiger partial charge in [0.2, 0.25) is 5.28 Å². The quantitative estimate of drug-likeness (QED) is 0.604. The molecule has 0 aliphatic heterocycles. The van der Waals surface area contributed by atoms with Gasteiger partial charge in [-0.25, -0.2) is 14.4 Å². The topological polar surface area (TPSA) is 74.7 Å². The van der Waals surface area contributed by atoms with Crippen molar-refractivity contribution in [2.75, 3.05) is 0 Å². The Labute approximate surface area is 166 Å². The maximum atomic E-state index is 15.1. The predicted molar refractivity (Wildman–Crippen MR) is 103 cm³/mol. The first kappa shape index (κ1) is 19.6. The van der Waals surface area contributed by atoms with Crippen molar-refractivity contribution in [1.29, 1.82) is 5.26 Å². The summed E-state index contributed by atoms with van der Waals surface area (Å²) in [4.78, 5) is 7.90. The SMILES string of the molecule is CC(C)n1c(C(C)(C)O)c(C#N)c2c(F)cc(-c3nc(Cl)ncc3Cl)cc21. The summed E-state index contributed by atoms with van der Waals surface area (Å²) < 4.78 is 16.9. The Kier molecular flexibility index (Phi) is 4.89. The van der Waals surface area contributed by atoms with Gasteiger partial charge in [0.05, 0.1) is 39.1 Å². The number of nitrogens with zero attached hydrogens (tertiary/aromatic N) is 4. The fourth-order valence-electron chi connectivity index (χ4n) is 3.32. The molecule has 0 saturated carbocycles. The van der Waals surface area contributed by atoms with E-state index in [4.69, 9.17) is 23.2 Å². The molecule has 0 aliphatic rings. The average Bonchev–Trinajstić information content (AvgIpc) is 2.92. The first-order valence-electron chi connectivity index (χ1n) is 8.25. The highest BCUT2D eigenvalue weighted by Crippen LogP contribution is 2.39. The number of aliphatic hydroxyl groups is 1. The van der Waals surface area contributed by atoms with Gasteiger partial charge >= 0.3 is 0 Å². The van der Waals surface area contributed by atoms with Crippen LogP contribution in [0, 0.1) is 17.1 Å². The Bertz CT molecular complexity index is 1090. The van der Waals surface area contributed by atoms with Crippen LogP contribution < -0.4 is 0 Å². The summed E-state index contributed by atoms with van der Waals surface area (Å²) in [6.45, 7) is 6.94. The number of aromatic nitrogens is 3. The average molecular weight is 407 g/mol. The molecule has 0 bridgehead atoms. The van der Waals surface area contributed by atoms with Crippen LogP contribution in [0.15, 0.2) is 18.3 Å². The molecular formula is C19H17Cl2FN4O. The molecule has 27 heavy (non-hydrogen) atoms. The summed E-state index contributed by atoms with van der Waals surface area (Å²) in [7, 11) is 0. The molecule has 0 amide bonds. The van der Waals surface area contributed by atoms with E-state index in [1.54, 1.807) is 24.5 Å². The summed E-state index contributed by atoms with van der Waals surface area (Å²) in [5.74, 6) is -0.602. The molecule has 0 fully saturated rings. The second kappa shape index (κ2) is 6.75. The summed E-state index contributed by atoms with van der Waals surface area (Å²) in [6, 6.07) is 4.87. The maximum Gasteiger partial charge on any atom is 0.222 e. The third-order valence-corrected chi connectivity index (χ3v) is 4.71. The Morgan fingerprint density at radius 3 is 2.52 bits per heavy atom. The molecule has 1 N–H and O–H groups in total. The largest absolute Gasteiger partial charge is 0.384 e. The van der Waals surface area contributed by atoms with Gasteiger partial charge in [0, 0.05) is 11.6 Å². The van der Waals surface area contributed by atoms with Crippen LogP contribution in [0.25, 0.3) is 22.2 Å². The first-order chi connectivity index (χ1) is 12.6. The van der Waals surface area contributed by atoms with E-state index in [-0.39, 0.29) is 33.0 Å². The minimum absolute atomic E-state index is 0.0101. The van der Waals surface area contributed by atoms with E-state index in [0.29, 0.717) is 16.8 Å². The van der Waals surface area contributed by atoms with E-state index in [1.807, 2.05) is 19.9 Å². The number of nitriles is 1. The number of halogens is 3. The highest BCUT2D eigenvalue weighted by Gasteiger charge is 2.31. The van der Waals surface area contributed by atoms with Crippen LogP contribution in [0.1, 0.15) is 45.0 Å². The number of fused-ring (bicyclic) bond motifs is 1. The smallest absolute Gasteiger partial charge is 0.222 e. The molecule has 8 heteroatoms. The maximum absolute atomic E-state index is 15.1. The minimum atomic E-state index is -1.34. The fourth-order valence-corrected chi connectivity index (χ4v) is 3.65. The van der Waals surface area contributed by atoms with Gasteiger partial charge in [0.25, 0.3) is 0 Å². The molecule has 3 rings (SSSR count). The standard InChI is InChI=1S/C19H17Cl2FN4O/c1-9(2)26-14-6-10(16-12(20)8-24-18(21)25-16)5-13(22)15(14)11(7-23)17(26)19(3,4)27/h5-6,8-9,27H,1-4H3. The first-order valence-corrected chi connectivity index (χ1v) is 9.00. The van der Waals surface area contributed by atoms with Gasteiger partial charge in [-0.05, 0) is 51.4 Å². The number of benzene rings is 1. The Morgan fingerprint density at radius 1 is 1.30 bits per heavy atom. The Balaban J connectivity index is 2.47. The van der Waals surface area contributed by atoms with E-state index in [0.717, 1.165) is 0 Å². The molecule has 3 aromatic rings. The normalized spacial score (nSPS) is 12.0. The van der Waals surface area contributed by atoms with Crippen LogP contribution >= 0.6 is 23.2 Å². The van der Waals surface area contributed by atoms with Gasteiger partial charge in [0.1, 0.15) is 17.5 Å². The lowest BCUT2D eigenvalue weighted by atomic mass is 9.99. The van der Waals surface area contributed by atoms with Crippen LogP contribution in [0.2, 0.25) is 10.3 Å². The van der Waals surface area contributed by atoms with Crippen molar-refractivity contribution in [3.8, 4) is 17.3 Å². The molecule has 0 saturated heterocycles. The molecule has 140 valence electrons. The Hall–Kier alpha value is -2.20. The van der Waals surface area contributed by atoms with Gasteiger partial charge in [-0.1, -0.05) is 11.6 Å². The molecule has 0 radical (unpaired) electrons. The van der Waals surface area contributed by atoms with Crippen LogP contribution in [-0.2, 0) is 5.60 Å². The minimum Gasteiger partial charge on any atom is -0.384 e. The molecule has 0 spiro atoms. The van der Waals surface area contributed by atoms with Gasteiger partial charge in [-0.3, -0.25) is 0 Å². The van der Waals surface area contributed by atoms with Gasteiger partial charge in [0.15, 0.2) is 0 Å². The number of hydrogen-bond donors (Lipinski definition) is 1. The Morgan fingerprint density at radius 2 is 1.96 bits per heavy atom. The molecule has 2 heterocycles. The second-order valence-corrected chi connectivity index (χ2v) is 7.79. The molecule has 0 aliphatic carbocycles. The van der Waals surface area contributed by atoms with Crippen LogP contribution in [0.5, 0.6) is 0 Å². The molecule has 5 nitrogen and oxygen atoms in total. The van der Waals surface area contributed by atoms with Crippen molar-refractivity contribution in [2.45, 2.75) is 39.3 Å².